The first-order chi connectivity index (χ1) is 8.63. The molecule has 0 fully saturated rings. The molecule has 0 aliphatic rings. The van der Waals surface area contributed by atoms with E-state index >= 15 is 0 Å². The molecule has 2 aromatic carbocycles. The molecule has 0 saturated carbocycles. The summed E-state index contributed by atoms with van der Waals surface area (Å²) in [4.78, 5) is 0. The lowest BCUT2D eigenvalue weighted by Crippen LogP contribution is -1.73. The minimum absolute atomic E-state index is 0.738. The second kappa shape index (κ2) is 4.45. The monoisotopic (exact) mass is 320 g/mol. The van der Waals surface area contributed by atoms with Gasteiger partial charge < -0.3 is 4.42 Å². The van der Waals surface area contributed by atoms with Crippen LogP contribution in [-0.2, 0) is 0 Å². The summed E-state index contributed by atoms with van der Waals surface area (Å²) in [5.74, 6) is 0.858. The summed E-state index contributed by atoms with van der Waals surface area (Å²) < 4.78 is 6.95. The predicted molar refractivity (Wildman–Crippen MR) is 79.1 cm³/mol. The van der Waals surface area contributed by atoms with Gasteiger partial charge in [-0.3, -0.25) is 0 Å². The second-order valence-electron chi connectivity index (χ2n) is 4.26. The molecule has 0 atom stereocenters. The molecule has 1 nitrogen and oxygen atoms in total. The topological polar surface area (TPSA) is 13.1 Å². The van der Waals surface area contributed by atoms with E-state index in [4.69, 9.17) is 16.0 Å². The van der Waals surface area contributed by atoms with E-state index in [1.54, 1.807) is 0 Å². The fraction of sp³-hybridized carbons (Fsp3) is 0.0667. The number of hydrogen-bond acceptors (Lipinski definition) is 1. The Kier molecular flexibility index (Phi) is 2.92. The van der Waals surface area contributed by atoms with Crippen molar-refractivity contribution in [3.8, 4) is 11.3 Å². The van der Waals surface area contributed by atoms with Crippen LogP contribution in [0.5, 0.6) is 0 Å². The highest BCUT2D eigenvalue weighted by atomic mass is 79.9. The molecule has 0 aliphatic heterocycles. The lowest BCUT2D eigenvalue weighted by atomic mass is 10.1. The Morgan fingerprint density at radius 1 is 1.11 bits per heavy atom. The fourth-order valence-corrected chi connectivity index (χ4v) is 2.75. The van der Waals surface area contributed by atoms with Gasteiger partial charge in [-0.05, 0) is 42.8 Å². The normalized spacial score (nSPS) is 11.1. The molecular weight excluding hydrogens is 312 g/mol. The number of rotatable bonds is 1. The summed E-state index contributed by atoms with van der Waals surface area (Å²) in [5, 5.41) is 1.77. The third-order valence-electron chi connectivity index (χ3n) is 2.88. The van der Waals surface area contributed by atoms with Crippen molar-refractivity contribution in [3.05, 3.63) is 57.5 Å². The number of halogens is 2. The number of hydrogen-bond donors (Lipinski definition) is 0. The van der Waals surface area contributed by atoms with Gasteiger partial charge in [-0.2, -0.15) is 0 Å². The lowest BCUT2D eigenvalue weighted by molar-refractivity contribution is 0.629. The molecule has 3 rings (SSSR count). The summed E-state index contributed by atoms with van der Waals surface area (Å²) in [5.41, 5.74) is 3.00. The number of furan rings is 1. The van der Waals surface area contributed by atoms with Gasteiger partial charge in [0, 0.05) is 20.4 Å². The molecule has 18 heavy (non-hydrogen) atoms. The zero-order chi connectivity index (χ0) is 12.7. The molecule has 3 heteroatoms. The first-order valence-electron chi connectivity index (χ1n) is 5.59. The summed E-state index contributed by atoms with van der Waals surface area (Å²) in [6.45, 7) is 2.00. The standard InChI is InChI=1S/C15H10BrClO/c1-9-5-13(17)7-11-8-14(18-15(9)11)10-3-2-4-12(16)6-10/h2-8H,1H3. The van der Waals surface area contributed by atoms with E-state index in [1.165, 1.54) is 0 Å². The molecule has 0 saturated heterocycles. The number of fused-ring (bicyclic) bond motifs is 1. The van der Waals surface area contributed by atoms with Crippen molar-refractivity contribution in [1.82, 2.24) is 0 Å². The zero-order valence-corrected chi connectivity index (χ0v) is 12.0. The maximum atomic E-state index is 6.06. The van der Waals surface area contributed by atoms with Crippen molar-refractivity contribution in [3.63, 3.8) is 0 Å². The highest BCUT2D eigenvalue weighted by Crippen LogP contribution is 2.32. The van der Waals surface area contributed by atoms with Crippen molar-refractivity contribution < 1.29 is 4.42 Å². The van der Waals surface area contributed by atoms with E-state index < -0.39 is 0 Å². The Balaban J connectivity index is 2.22. The molecular formula is C15H10BrClO. The van der Waals surface area contributed by atoms with Crippen LogP contribution in [0.15, 0.2) is 51.4 Å². The van der Waals surface area contributed by atoms with Gasteiger partial charge in [0.1, 0.15) is 11.3 Å². The Morgan fingerprint density at radius 2 is 1.94 bits per heavy atom. The first-order valence-corrected chi connectivity index (χ1v) is 6.76. The minimum atomic E-state index is 0.738. The van der Waals surface area contributed by atoms with Crippen LogP contribution in [0.3, 0.4) is 0 Å². The maximum Gasteiger partial charge on any atom is 0.137 e. The summed E-state index contributed by atoms with van der Waals surface area (Å²) >= 11 is 9.52. The Labute approximate surface area is 119 Å². The molecule has 0 bridgehead atoms. The summed E-state index contributed by atoms with van der Waals surface area (Å²) in [6, 6.07) is 13.9. The SMILES string of the molecule is Cc1cc(Cl)cc2cc(-c3cccc(Br)c3)oc12. The molecule has 3 aromatic rings. The first kappa shape index (κ1) is 11.8. The van der Waals surface area contributed by atoms with Crippen LogP contribution >= 0.6 is 27.5 Å². The summed E-state index contributed by atoms with van der Waals surface area (Å²) in [6.07, 6.45) is 0. The Hall–Kier alpha value is -1.25. The van der Waals surface area contributed by atoms with E-state index in [1.807, 2.05) is 49.4 Å². The quantitative estimate of drug-likeness (QED) is 0.550. The minimum Gasteiger partial charge on any atom is -0.456 e. The molecule has 0 unspecified atom stereocenters. The van der Waals surface area contributed by atoms with E-state index in [2.05, 4.69) is 15.9 Å². The van der Waals surface area contributed by atoms with Gasteiger partial charge in [-0.15, -0.1) is 0 Å². The van der Waals surface area contributed by atoms with E-state index in [9.17, 15) is 0 Å². The van der Waals surface area contributed by atoms with E-state index in [0.29, 0.717) is 0 Å². The van der Waals surface area contributed by atoms with Gasteiger partial charge in [0.05, 0.1) is 0 Å². The number of aryl methyl sites for hydroxylation is 1. The van der Waals surface area contributed by atoms with Crippen LogP contribution in [0.1, 0.15) is 5.56 Å². The highest BCUT2D eigenvalue weighted by molar-refractivity contribution is 9.10. The van der Waals surface area contributed by atoms with Gasteiger partial charge in [0.2, 0.25) is 0 Å². The van der Waals surface area contributed by atoms with Gasteiger partial charge >= 0.3 is 0 Å². The zero-order valence-electron chi connectivity index (χ0n) is 9.71. The van der Waals surface area contributed by atoms with Crippen molar-refractivity contribution in [1.29, 1.82) is 0 Å². The molecule has 0 amide bonds. The van der Waals surface area contributed by atoms with Crippen LogP contribution in [-0.4, -0.2) is 0 Å². The van der Waals surface area contributed by atoms with Crippen LogP contribution in [0.2, 0.25) is 5.02 Å². The average Bonchev–Trinajstić information content (AvgIpc) is 2.73. The van der Waals surface area contributed by atoms with Crippen molar-refractivity contribution in [2.45, 2.75) is 6.92 Å². The molecule has 90 valence electrons. The lowest BCUT2D eigenvalue weighted by Gasteiger charge is -1.97. The molecule has 1 heterocycles. The smallest absolute Gasteiger partial charge is 0.137 e. The third-order valence-corrected chi connectivity index (χ3v) is 3.59. The van der Waals surface area contributed by atoms with Gasteiger partial charge in [0.15, 0.2) is 0 Å². The highest BCUT2D eigenvalue weighted by Gasteiger charge is 2.09. The largest absolute Gasteiger partial charge is 0.456 e. The van der Waals surface area contributed by atoms with Crippen LogP contribution in [0.4, 0.5) is 0 Å². The average molecular weight is 322 g/mol. The van der Waals surface area contributed by atoms with Crippen molar-refractivity contribution >= 4 is 38.5 Å². The molecule has 0 spiro atoms. The van der Waals surface area contributed by atoms with Gasteiger partial charge in [0.25, 0.3) is 0 Å². The van der Waals surface area contributed by atoms with Crippen LogP contribution in [0.25, 0.3) is 22.3 Å². The van der Waals surface area contributed by atoms with Crippen molar-refractivity contribution in [2.75, 3.05) is 0 Å². The Morgan fingerprint density at radius 3 is 2.72 bits per heavy atom. The predicted octanol–water partition coefficient (Wildman–Crippen LogP) is 5.82. The number of benzene rings is 2. The van der Waals surface area contributed by atoms with Crippen LogP contribution < -0.4 is 0 Å². The van der Waals surface area contributed by atoms with E-state index in [0.717, 1.165) is 37.4 Å². The Bertz CT molecular complexity index is 730. The summed E-state index contributed by atoms with van der Waals surface area (Å²) in [7, 11) is 0. The second-order valence-corrected chi connectivity index (χ2v) is 5.61. The molecule has 0 radical (unpaired) electrons. The maximum absolute atomic E-state index is 6.06. The molecule has 0 N–H and O–H groups in total. The molecule has 1 aromatic heterocycles. The molecule has 0 aliphatic carbocycles. The van der Waals surface area contributed by atoms with Crippen LogP contribution in [0, 0.1) is 6.92 Å². The fourth-order valence-electron chi connectivity index (χ4n) is 2.07. The van der Waals surface area contributed by atoms with Crippen molar-refractivity contribution in [2.24, 2.45) is 0 Å². The van der Waals surface area contributed by atoms with E-state index in [-0.39, 0.29) is 0 Å². The third kappa shape index (κ3) is 2.06. The van der Waals surface area contributed by atoms with Gasteiger partial charge in [-0.1, -0.05) is 39.7 Å². The van der Waals surface area contributed by atoms with Gasteiger partial charge in [-0.25, -0.2) is 0 Å².